The number of anilines is 1. The van der Waals surface area contributed by atoms with Gasteiger partial charge in [0.15, 0.2) is 5.78 Å². The number of hydrogen-bond donors (Lipinski definition) is 1. The molecule has 0 amide bonds. The van der Waals surface area contributed by atoms with E-state index in [1.54, 1.807) is 29.2 Å². The first-order chi connectivity index (χ1) is 8.54. The first kappa shape index (κ1) is 13.8. The van der Waals surface area contributed by atoms with Crippen LogP contribution in [0.4, 0.5) is 5.69 Å². The van der Waals surface area contributed by atoms with Crippen molar-refractivity contribution in [2.75, 3.05) is 18.0 Å². The molecule has 1 aromatic carbocycles. The summed E-state index contributed by atoms with van der Waals surface area (Å²) in [5.74, 6) is 1.63. The Morgan fingerprint density at radius 3 is 2.39 bits per heavy atom. The summed E-state index contributed by atoms with van der Waals surface area (Å²) < 4.78 is 0. The number of nitrogens with zero attached hydrogens (tertiary/aromatic N) is 1. The van der Waals surface area contributed by atoms with Crippen LogP contribution in [-0.2, 0) is 4.79 Å². The molecule has 1 N–H and O–H groups in total. The van der Waals surface area contributed by atoms with E-state index in [1.165, 1.54) is 6.92 Å². The summed E-state index contributed by atoms with van der Waals surface area (Å²) in [4.78, 5) is 23.5. The lowest BCUT2D eigenvalue weighted by atomic mass is 10.1. The molecule has 0 unspecified atom stereocenters. The average Bonchev–Trinajstić information content (AvgIpc) is 2.34. The van der Waals surface area contributed by atoms with E-state index in [4.69, 9.17) is 11.5 Å². The van der Waals surface area contributed by atoms with Gasteiger partial charge < -0.3 is 10.0 Å². The van der Waals surface area contributed by atoms with Crippen LogP contribution in [0.3, 0.4) is 0 Å². The maximum atomic E-state index is 11.1. The Morgan fingerprint density at radius 1 is 1.33 bits per heavy atom. The van der Waals surface area contributed by atoms with Gasteiger partial charge >= 0.3 is 5.97 Å². The minimum Gasteiger partial charge on any atom is -0.481 e. The van der Waals surface area contributed by atoms with Crippen LogP contribution in [0.5, 0.6) is 0 Å². The second-order valence-electron chi connectivity index (χ2n) is 3.87. The van der Waals surface area contributed by atoms with Gasteiger partial charge in [-0.3, -0.25) is 9.59 Å². The molecule has 0 radical (unpaired) electrons. The molecular weight excluding hydrogens is 230 g/mol. The molecule has 18 heavy (non-hydrogen) atoms. The third-order valence-corrected chi connectivity index (χ3v) is 2.52. The Labute approximate surface area is 106 Å². The van der Waals surface area contributed by atoms with E-state index in [0.29, 0.717) is 18.7 Å². The maximum Gasteiger partial charge on any atom is 0.305 e. The van der Waals surface area contributed by atoms with E-state index in [9.17, 15) is 9.59 Å². The summed E-state index contributed by atoms with van der Waals surface area (Å²) >= 11 is 0. The molecule has 4 nitrogen and oxygen atoms in total. The van der Waals surface area contributed by atoms with Gasteiger partial charge in [0.05, 0.1) is 13.0 Å². The Bertz CT molecular complexity index is 471. The summed E-state index contributed by atoms with van der Waals surface area (Å²) in [6.07, 6.45) is 5.28. The summed E-state index contributed by atoms with van der Waals surface area (Å²) in [6, 6.07) is 6.97. The predicted octanol–water partition coefficient (Wildman–Crippen LogP) is 1.80. The minimum absolute atomic E-state index is 0.00409. The highest BCUT2D eigenvalue weighted by molar-refractivity contribution is 5.94. The average molecular weight is 245 g/mol. The summed E-state index contributed by atoms with van der Waals surface area (Å²) in [5, 5.41) is 8.67. The summed E-state index contributed by atoms with van der Waals surface area (Å²) in [7, 11) is 0. The molecule has 0 fully saturated rings. The normalized spacial score (nSPS) is 9.56. The lowest BCUT2D eigenvalue weighted by molar-refractivity contribution is -0.136. The van der Waals surface area contributed by atoms with Gasteiger partial charge in [0.2, 0.25) is 0 Å². The van der Waals surface area contributed by atoms with Crippen molar-refractivity contribution in [2.45, 2.75) is 13.3 Å². The number of carbonyl (C=O) groups excluding carboxylic acids is 1. The van der Waals surface area contributed by atoms with E-state index in [2.05, 4.69) is 5.92 Å². The van der Waals surface area contributed by atoms with Gasteiger partial charge in [-0.25, -0.2) is 0 Å². The van der Waals surface area contributed by atoms with Crippen LogP contribution in [0.25, 0.3) is 0 Å². The number of rotatable bonds is 6. The van der Waals surface area contributed by atoms with Crippen molar-refractivity contribution in [2.24, 2.45) is 0 Å². The van der Waals surface area contributed by atoms with Crippen molar-refractivity contribution in [3.8, 4) is 12.3 Å². The molecular formula is C14H15NO3. The fourth-order valence-electron chi connectivity index (χ4n) is 1.55. The highest BCUT2D eigenvalue weighted by Gasteiger charge is 2.08. The summed E-state index contributed by atoms with van der Waals surface area (Å²) in [6.45, 7) is 2.18. The molecule has 94 valence electrons. The molecule has 0 aliphatic carbocycles. The van der Waals surface area contributed by atoms with Crippen LogP contribution < -0.4 is 4.90 Å². The fourth-order valence-corrected chi connectivity index (χ4v) is 1.55. The van der Waals surface area contributed by atoms with Gasteiger partial charge in [0, 0.05) is 17.8 Å². The van der Waals surface area contributed by atoms with Crippen molar-refractivity contribution in [1.82, 2.24) is 0 Å². The zero-order valence-electron chi connectivity index (χ0n) is 10.2. The molecule has 0 saturated heterocycles. The van der Waals surface area contributed by atoms with Crippen molar-refractivity contribution in [3.63, 3.8) is 0 Å². The van der Waals surface area contributed by atoms with E-state index in [0.717, 1.165) is 5.69 Å². The zero-order chi connectivity index (χ0) is 13.5. The molecule has 0 bridgehead atoms. The molecule has 0 aromatic heterocycles. The molecule has 0 spiro atoms. The fraction of sp³-hybridized carbons (Fsp3) is 0.286. The van der Waals surface area contributed by atoms with Crippen LogP contribution in [0.15, 0.2) is 24.3 Å². The van der Waals surface area contributed by atoms with Crippen LogP contribution >= 0.6 is 0 Å². The highest BCUT2D eigenvalue weighted by atomic mass is 16.4. The van der Waals surface area contributed by atoms with Crippen molar-refractivity contribution in [3.05, 3.63) is 29.8 Å². The Hall–Kier alpha value is -2.28. The van der Waals surface area contributed by atoms with Crippen molar-refractivity contribution >= 4 is 17.4 Å². The van der Waals surface area contributed by atoms with Crippen LogP contribution in [0.2, 0.25) is 0 Å². The smallest absolute Gasteiger partial charge is 0.305 e. The maximum absolute atomic E-state index is 11.1. The van der Waals surface area contributed by atoms with Gasteiger partial charge in [-0.1, -0.05) is 5.92 Å². The number of carbonyl (C=O) groups is 2. The topological polar surface area (TPSA) is 57.6 Å². The number of hydrogen-bond acceptors (Lipinski definition) is 3. The number of benzene rings is 1. The third kappa shape index (κ3) is 3.95. The van der Waals surface area contributed by atoms with E-state index in [1.807, 2.05) is 0 Å². The lowest BCUT2D eigenvalue weighted by Gasteiger charge is -2.21. The molecule has 0 saturated carbocycles. The molecule has 1 rings (SSSR count). The molecule has 4 heteroatoms. The summed E-state index contributed by atoms with van der Waals surface area (Å²) in [5.41, 5.74) is 1.44. The Balaban J connectivity index is 2.82. The van der Waals surface area contributed by atoms with E-state index < -0.39 is 5.97 Å². The molecule has 0 atom stereocenters. The van der Waals surface area contributed by atoms with Gasteiger partial charge in [-0.05, 0) is 31.2 Å². The van der Waals surface area contributed by atoms with Gasteiger partial charge in [-0.2, -0.15) is 0 Å². The third-order valence-electron chi connectivity index (χ3n) is 2.52. The predicted molar refractivity (Wildman–Crippen MR) is 69.7 cm³/mol. The Kier molecular flexibility index (Phi) is 4.94. The number of ketones is 1. The number of terminal acetylenes is 1. The molecule has 0 heterocycles. The molecule has 1 aromatic rings. The quantitative estimate of drug-likeness (QED) is 0.613. The van der Waals surface area contributed by atoms with Gasteiger partial charge in [-0.15, -0.1) is 6.42 Å². The minimum atomic E-state index is -0.864. The first-order valence-electron chi connectivity index (χ1n) is 5.56. The van der Waals surface area contributed by atoms with Crippen molar-refractivity contribution < 1.29 is 14.7 Å². The number of Topliss-reactive ketones (excluding diaryl/α,β-unsaturated/α-hetero) is 1. The van der Waals surface area contributed by atoms with Crippen LogP contribution in [-0.4, -0.2) is 29.9 Å². The second kappa shape index (κ2) is 6.45. The molecule has 0 aliphatic heterocycles. The van der Waals surface area contributed by atoms with E-state index >= 15 is 0 Å². The van der Waals surface area contributed by atoms with E-state index in [-0.39, 0.29) is 12.2 Å². The molecule has 0 aliphatic rings. The van der Waals surface area contributed by atoms with Gasteiger partial charge in [0.1, 0.15) is 0 Å². The monoisotopic (exact) mass is 245 g/mol. The Morgan fingerprint density at radius 2 is 1.94 bits per heavy atom. The SMILES string of the molecule is C#CCN(CCC(=O)O)c1ccc(C(C)=O)cc1. The lowest BCUT2D eigenvalue weighted by Crippen LogP contribution is -2.26. The van der Waals surface area contributed by atoms with Crippen LogP contribution in [0, 0.1) is 12.3 Å². The van der Waals surface area contributed by atoms with Crippen LogP contribution in [0.1, 0.15) is 23.7 Å². The van der Waals surface area contributed by atoms with Crippen molar-refractivity contribution in [1.29, 1.82) is 0 Å². The first-order valence-corrected chi connectivity index (χ1v) is 5.56. The largest absolute Gasteiger partial charge is 0.481 e. The number of carboxylic acid groups (broad SMARTS) is 1. The number of aliphatic carboxylic acids is 1. The number of carboxylic acids is 1. The second-order valence-corrected chi connectivity index (χ2v) is 3.87. The highest BCUT2D eigenvalue weighted by Crippen LogP contribution is 2.15. The zero-order valence-corrected chi connectivity index (χ0v) is 10.2. The van der Waals surface area contributed by atoms with Gasteiger partial charge in [0.25, 0.3) is 0 Å². The standard InChI is InChI=1S/C14H15NO3/c1-3-9-15(10-8-14(17)18)13-6-4-12(5-7-13)11(2)16/h1,4-7H,8-10H2,2H3,(H,17,18).